The summed E-state index contributed by atoms with van der Waals surface area (Å²) in [7, 11) is 0. The van der Waals surface area contributed by atoms with E-state index in [-0.39, 0.29) is 11.3 Å². The quantitative estimate of drug-likeness (QED) is 0.506. The number of carboxylic acids is 1. The zero-order chi connectivity index (χ0) is 14.7. The molecule has 0 saturated heterocycles. The van der Waals surface area contributed by atoms with Gasteiger partial charge in [0.05, 0.1) is 10.5 Å². The fraction of sp³-hybridized carbons (Fsp3) is 0.500. The van der Waals surface area contributed by atoms with Crippen molar-refractivity contribution in [3.05, 3.63) is 33.4 Å². The summed E-state index contributed by atoms with van der Waals surface area (Å²) in [6.07, 6.45) is 4.90. The normalized spacial score (nSPS) is 15.4. The molecule has 0 amide bonds. The number of nitro benzene ring substituents is 1. The van der Waals surface area contributed by atoms with Crippen molar-refractivity contribution in [3.8, 4) is 0 Å². The summed E-state index contributed by atoms with van der Waals surface area (Å²) in [5.74, 6) is 0.420. The Balaban J connectivity index is 2.25. The maximum Gasteiger partial charge on any atom is 0.335 e. The first-order valence-electron chi connectivity index (χ1n) is 6.64. The van der Waals surface area contributed by atoms with Gasteiger partial charge in [-0.05, 0) is 31.7 Å². The number of thioether (sulfide) groups is 1. The fourth-order valence-corrected chi connectivity index (χ4v) is 3.80. The molecule has 1 aliphatic carbocycles. The molecule has 1 fully saturated rings. The molecule has 1 aromatic carbocycles. The molecule has 1 N–H and O–H groups in total. The zero-order valence-electron chi connectivity index (χ0n) is 11.3. The Morgan fingerprint density at radius 2 is 2.10 bits per heavy atom. The van der Waals surface area contributed by atoms with E-state index < -0.39 is 10.9 Å². The van der Waals surface area contributed by atoms with E-state index in [2.05, 4.69) is 0 Å². The Labute approximate surface area is 121 Å². The van der Waals surface area contributed by atoms with Crippen LogP contribution in [0, 0.1) is 23.0 Å². The third kappa shape index (κ3) is 3.30. The summed E-state index contributed by atoms with van der Waals surface area (Å²) in [4.78, 5) is 22.3. The molecule has 0 radical (unpaired) electrons. The second kappa shape index (κ2) is 6.26. The van der Waals surface area contributed by atoms with Crippen molar-refractivity contribution in [1.29, 1.82) is 0 Å². The molecule has 1 saturated carbocycles. The van der Waals surface area contributed by atoms with Crippen molar-refractivity contribution < 1.29 is 14.8 Å². The van der Waals surface area contributed by atoms with Crippen LogP contribution in [0.5, 0.6) is 0 Å². The third-order valence-electron chi connectivity index (χ3n) is 3.73. The molecule has 5 nitrogen and oxygen atoms in total. The Morgan fingerprint density at radius 3 is 2.65 bits per heavy atom. The summed E-state index contributed by atoms with van der Waals surface area (Å²) in [6.45, 7) is 1.68. The van der Waals surface area contributed by atoms with Gasteiger partial charge in [-0.1, -0.05) is 12.8 Å². The van der Waals surface area contributed by atoms with Crippen LogP contribution in [-0.4, -0.2) is 21.8 Å². The number of nitrogens with zero attached hydrogens (tertiary/aromatic N) is 1. The predicted molar refractivity (Wildman–Crippen MR) is 77.5 cm³/mol. The van der Waals surface area contributed by atoms with E-state index in [1.165, 1.54) is 37.4 Å². The monoisotopic (exact) mass is 295 g/mol. The van der Waals surface area contributed by atoms with Gasteiger partial charge in [0.1, 0.15) is 0 Å². The molecule has 0 aromatic heterocycles. The topological polar surface area (TPSA) is 80.4 Å². The molecule has 2 rings (SSSR count). The van der Waals surface area contributed by atoms with Crippen molar-refractivity contribution in [2.24, 2.45) is 5.92 Å². The van der Waals surface area contributed by atoms with E-state index in [9.17, 15) is 14.9 Å². The molecule has 0 spiro atoms. The lowest BCUT2D eigenvalue weighted by Gasteiger charge is -2.11. The van der Waals surface area contributed by atoms with Gasteiger partial charge >= 0.3 is 5.97 Å². The number of carbonyl (C=O) groups is 1. The minimum absolute atomic E-state index is 0.0174. The van der Waals surface area contributed by atoms with Gasteiger partial charge in [0.25, 0.3) is 5.69 Å². The summed E-state index contributed by atoms with van der Waals surface area (Å²) in [6, 6.07) is 2.68. The van der Waals surface area contributed by atoms with Crippen molar-refractivity contribution >= 4 is 23.4 Å². The third-order valence-corrected chi connectivity index (χ3v) is 5.10. The number of hydrogen-bond donors (Lipinski definition) is 1. The first-order valence-corrected chi connectivity index (χ1v) is 7.62. The highest BCUT2D eigenvalue weighted by Crippen LogP contribution is 2.35. The molecule has 20 heavy (non-hydrogen) atoms. The molecule has 0 atom stereocenters. The van der Waals surface area contributed by atoms with Crippen LogP contribution < -0.4 is 0 Å². The first-order chi connectivity index (χ1) is 9.49. The Morgan fingerprint density at radius 1 is 1.45 bits per heavy atom. The molecular weight excluding hydrogens is 278 g/mol. The van der Waals surface area contributed by atoms with Crippen LogP contribution in [0.4, 0.5) is 5.69 Å². The number of hydrogen-bond acceptors (Lipinski definition) is 4. The average molecular weight is 295 g/mol. The van der Waals surface area contributed by atoms with E-state index in [4.69, 9.17) is 5.11 Å². The second-order valence-corrected chi connectivity index (χ2v) is 6.20. The van der Waals surface area contributed by atoms with Gasteiger partial charge in [0.2, 0.25) is 0 Å². The summed E-state index contributed by atoms with van der Waals surface area (Å²) in [5, 5.41) is 20.1. The van der Waals surface area contributed by atoms with Gasteiger partial charge in [-0.15, -0.1) is 11.8 Å². The smallest absolute Gasteiger partial charge is 0.335 e. The number of nitro groups is 1. The minimum Gasteiger partial charge on any atom is -0.478 e. The largest absolute Gasteiger partial charge is 0.478 e. The molecule has 108 valence electrons. The zero-order valence-corrected chi connectivity index (χ0v) is 12.1. The van der Waals surface area contributed by atoms with E-state index >= 15 is 0 Å². The van der Waals surface area contributed by atoms with Crippen molar-refractivity contribution in [3.63, 3.8) is 0 Å². The number of benzene rings is 1. The average Bonchev–Trinajstić information content (AvgIpc) is 2.90. The van der Waals surface area contributed by atoms with Gasteiger partial charge < -0.3 is 5.11 Å². The van der Waals surface area contributed by atoms with Crippen LogP contribution in [-0.2, 0) is 0 Å². The number of carboxylic acid groups (broad SMARTS) is 1. The number of aromatic carboxylic acids is 1. The molecule has 0 aliphatic heterocycles. The number of rotatable bonds is 5. The van der Waals surface area contributed by atoms with Crippen LogP contribution in [0.2, 0.25) is 0 Å². The van der Waals surface area contributed by atoms with Gasteiger partial charge in [0.15, 0.2) is 0 Å². The Bertz CT molecular complexity index is 538. The van der Waals surface area contributed by atoms with Crippen LogP contribution in [0.15, 0.2) is 17.0 Å². The van der Waals surface area contributed by atoms with Crippen molar-refractivity contribution in [2.45, 2.75) is 37.5 Å². The predicted octanol–water partition coefficient (Wildman–Crippen LogP) is 3.88. The highest BCUT2D eigenvalue weighted by atomic mass is 32.2. The lowest BCUT2D eigenvalue weighted by atomic mass is 10.1. The molecule has 1 aliphatic rings. The SMILES string of the molecule is Cc1c(SCC2CCCC2)cc(C(=O)O)cc1[N+](=O)[O-]. The maximum absolute atomic E-state index is 11.1. The Kier molecular flexibility index (Phi) is 4.65. The molecule has 0 bridgehead atoms. The highest BCUT2D eigenvalue weighted by molar-refractivity contribution is 7.99. The lowest BCUT2D eigenvalue weighted by molar-refractivity contribution is -0.385. The lowest BCUT2D eigenvalue weighted by Crippen LogP contribution is -2.03. The summed E-state index contributed by atoms with van der Waals surface area (Å²) in [5.41, 5.74) is 0.429. The minimum atomic E-state index is -1.13. The van der Waals surface area contributed by atoms with Gasteiger partial charge in [-0.3, -0.25) is 10.1 Å². The van der Waals surface area contributed by atoms with Crippen molar-refractivity contribution in [1.82, 2.24) is 0 Å². The van der Waals surface area contributed by atoms with E-state index in [1.54, 1.807) is 13.0 Å². The molecule has 0 heterocycles. The van der Waals surface area contributed by atoms with E-state index in [0.29, 0.717) is 16.4 Å². The molecule has 1 aromatic rings. The molecular formula is C14H17NO4S. The Hall–Kier alpha value is -1.56. The van der Waals surface area contributed by atoms with Crippen LogP contribution in [0.25, 0.3) is 0 Å². The molecule has 0 unspecified atom stereocenters. The van der Waals surface area contributed by atoms with E-state index in [1.807, 2.05) is 0 Å². The second-order valence-electron chi connectivity index (χ2n) is 5.14. The van der Waals surface area contributed by atoms with Gasteiger partial charge in [-0.25, -0.2) is 4.79 Å². The van der Waals surface area contributed by atoms with Crippen LogP contribution in [0.3, 0.4) is 0 Å². The van der Waals surface area contributed by atoms with Crippen LogP contribution >= 0.6 is 11.8 Å². The summed E-state index contributed by atoms with van der Waals surface area (Å²) >= 11 is 1.54. The maximum atomic E-state index is 11.1. The first kappa shape index (κ1) is 14.8. The fourth-order valence-electron chi connectivity index (χ4n) is 2.52. The van der Waals surface area contributed by atoms with Crippen LogP contribution in [0.1, 0.15) is 41.6 Å². The highest BCUT2D eigenvalue weighted by Gasteiger charge is 2.21. The van der Waals surface area contributed by atoms with Gasteiger partial charge in [0, 0.05) is 22.3 Å². The standard InChI is InChI=1S/C14H17NO4S/c1-9-12(15(18)19)6-11(14(16)17)7-13(9)20-8-10-4-2-3-5-10/h6-7,10H,2-5,8H2,1H3,(H,16,17). The van der Waals surface area contributed by atoms with E-state index in [0.717, 1.165) is 11.8 Å². The van der Waals surface area contributed by atoms with Gasteiger partial charge in [-0.2, -0.15) is 0 Å². The summed E-state index contributed by atoms with van der Waals surface area (Å²) < 4.78 is 0. The molecule has 6 heteroatoms. The van der Waals surface area contributed by atoms with Crippen molar-refractivity contribution in [2.75, 3.05) is 5.75 Å².